The van der Waals surface area contributed by atoms with Gasteiger partial charge in [0, 0.05) is 27.4 Å². The quantitative estimate of drug-likeness (QED) is 0.697. The lowest BCUT2D eigenvalue weighted by Crippen LogP contribution is -2.48. The predicted molar refractivity (Wildman–Crippen MR) is 102 cm³/mol. The highest BCUT2D eigenvalue weighted by Gasteiger charge is 2.61. The second-order valence-corrected chi connectivity index (χ2v) is 7.19. The van der Waals surface area contributed by atoms with Gasteiger partial charge < -0.3 is 15.8 Å². The van der Waals surface area contributed by atoms with Crippen molar-refractivity contribution < 1.29 is 19.1 Å². The lowest BCUT2D eigenvalue weighted by molar-refractivity contribution is -0.118. The molecule has 0 radical (unpaired) electrons. The molecule has 1 amide bonds. The van der Waals surface area contributed by atoms with Crippen LogP contribution < -0.4 is 11.1 Å². The Morgan fingerprint density at radius 1 is 1.07 bits per heavy atom. The first-order valence-electron chi connectivity index (χ1n) is 8.54. The Balaban J connectivity index is 1.93. The van der Waals surface area contributed by atoms with Gasteiger partial charge in [-0.3, -0.25) is 14.4 Å². The lowest BCUT2D eigenvalue weighted by atomic mass is 9.64. The van der Waals surface area contributed by atoms with Crippen LogP contribution in [0.2, 0.25) is 5.02 Å². The number of nitrogens with two attached hydrogens (primary N) is 1. The number of ketones is 2. The van der Waals surface area contributed by atoms with Gasteiger partial charge >= 0.3 is 0 Å². The van der Waals surface area contributed by atoms with Crippen molar-refractivity contribution in [2.24, 2.45) is 5.73 Å². The molecule has 3 N–H and O–H groups in total. The fraction of sp³-hybridized carbons (Fsp3) is 0.0476. The number of carbonyl (C=O) groups excluding carboxylic acids is 3. The van der Waals surface area contributed by atoms with Gasteiger partial charge in [-0.05, 0) is 18.2 Å². The summed E-state index contributed by atoms with van der Waals surface area (Å²) in [6.07, 6.45) is 0. The van der Waals surface area contributed by atoms with E-state index in [1.54, 1.807) is 24.3 Å². The normalized spacial score (nSPS) is 22.0. The molecule has 140 valence electrons. The number of ether oxygens (including phenoxy) is 1. The van der Waals surface area contributed by atoms with Crippen LogP contribution >= 0.6 is 11.6 Å². The molecule has 0 saturated heterocycles. The van der Waals surface area contributed by atoms with Crippen molar-refractivity contribution in [2.75, 3.05) is 5.32 Å². The number of Topliss-reactive ketones (excluding diaryl/α,β-unsaturated/α-hetero) is 2. The molecule has 2 aromatic carbocycles. The number of rotatable bonds is 0. The number of benzene rings is 2. The van der Waals surface area contributed by atoms with E-state index in [1.165, 1.54) is 18.2 Å². The molecule has 1 aliphatic carbocycles. The summed E-state index contributed by atoms with van der Waals surface area (Å²) in [5.41, 5.74) is 4.44. The largest absolute Gasteiger partial charge is 0.436 e. The predicted octanol–water partition coefficient (Wildman–Crippen LogP) is 2.59. The van der Waals surface area contributed by atoms with Crippen LogP contribution in [0.1, 0.15) is 26.3 Å². The van der Waals surface area contributed by atoms with Crippen LogP contribution in [0, 0.1) is 11.3 Å². The van der Waals surface area contributed by atoms with E-state index in [0.29, 0.717) is 10.7 Å². The Kier molecular flexibility index (Phi) is 3.30. The van der Waals surface area contributed by atoms with E-state index in [4.69, 9.17) is 22.1 Å². The zero-order valence-electron chi connectivity index (χ0n) is 14.6. The second kappa shape index (κ2) is 5.56. The Bertz CT molecular complexity index is 1300. The van der Waals surface area contributed by atoms with Gasteiger partial charge in [-0.1, -0.05) is 35.9 Å². The van der Waals surface area contributed by atoms with Crippen LogP contribution in [0.15, 0.2) is 65.3 Å². The molecule has 3 aliphatic rings. The Hall–Kier alpha value is -3.89. The summed E-state index contributed by atoms with van der Waals surface area (Å²) >= 11 is 6.15. The third kappa shape index (κ3) is 1.93. The average Bonchev–Trinajstić information content (AvgIpc) is 2.98. The van der Waals surface area contributed by atoms with Gasteiger partial charge in [0.25, 0.3) is 0 Å². The van der Waals surface area contributed by atoms with Crippen LogP contribution in [0.5, 0.6) is 0 Å². The molecule has 8 heteroatoms. The third-order valence-corrected chi connectivity index (χ3v) is 5.61. The number of nitriles is 1. The molecule has 2 heterocycles. The van der Waals surface area contributed by atoms with E-state index in [1.807, 2.05) is 6.07 Å². The third-order valence-electron chi connectivity index (χ3n) is 5.37. The Labute approximate surface area is 169 Å². The highest BCUT2D eigenvalue weighted by atomic mass is 35.5. The number of halogens is 1. The minimum Gasteiger partial charge on any atom is -0.436 e. The molecule has 1 spiro atoms. The molecule has 2 aliphatic heterocycles. The van der Waals surface area contributed by atoms with Gasteiger partial charge in [0.2, 0.25) is 17.6 Å². The van der Waals surface area contributed by atoms with E-state index < -0.39 is 28.8 Å². The first-order valence-corrected chi connectivity index (χ1v) is 8.92. The number of hydrogen-bond acceptors (Lipinski definition) is 6. The molecule has 0 bridgehead atoms. The van der Waals surface area contributed by atoms with Crippen molar-refractivity contribution in [3.63, 3.8) is 0 Å². The van der Waals surface area contributed by atoms with Crippen LogP contribution in [0.25, 0.3) is 0 Å². The number of nitrogens with one attached hydrogen (secondary N) is 1. The van der Waals surface area contributed by atoms with Gasteiger partial charge in [0.1, 0.15) is 17.1 Å². The first kappa shape index (κ1) is 17.2. The van der Waals surface area contributed by atoms with Crippen molar-refractivity contribution in [1.29, 1.82) is 5.26 Å². The van der Waals surface area contributed by atoms with E-state index in [0.717, 1.165) is 0 Å². The molecular formula is C21H10ClN3O4. The molecule has 2 aromatic rings. The lowest BCUT2D eigenvalue weighted by Gasteiger charge is -2.36. The number of nitrogens with zero attached hydrogens (tertiary/aromatic N) is 1. The Morgan fingerprint density at radius 3 is 2.45 bits per heavy atom. The van der Waals surface area contributed by atoms with Gasteiger partial charge in [0.15, 0.2) is 11.5 Å². The summed E-state index contributed by atoms with van der Waals surface area (Å²) in [6, 6.07) is 12.7. The average molecular weight is 404 g/mol. The molecule has 0 fully saturated rings. The fourth-order valence-electron chi connectivity index (χ4n) is 4.17. The van der Waals surface area contributed by atoms with Crippen molar-refractivity contribution in [1.82, 2.24) is 0 Å². The van der Waals surface area contributed by atoms with Crippen molar-refractivity contribution in [3.05, 3.63) is 87.0 Å². The fourth-order valence-corrected chi connectivity index (χ4v) is 4.34. The summed E-state index contributed by atoms with van der Waals surface area (Å²) in [7, 11) is 0. The number of hydrogen-bond donors (Lipinski definition) is 2. The summed E-state index contributed by atoms with van der Waals surface area (Å²) in [5, 5.41) is 12.8. The van der Waals surface area contributed by atoms with E-state index in [9.17, 15) is 19.6 Å². The topological polar surface area (TPSA) is 122 Å². The zero-order chi connectivity index (χ0) is 20.5. The summed E-state index contributed by atoms with van der Waals surface area (Å²) in [4.78, 5) is 39.9. The molecule has 1 atom stereocenters. The SMILES string of the molecule is N#CC1=C(N)OC2=C(C(=O)c3ccccc3C2=O)[C@@]12C(=O)Nc1ccc(Cl)cc12. The maximum absolute atomic E-state index is 13.5. The highest BCUT2D eigenvalue weighted by molar-refractivity contribution is 6.33. The molecular weight excluding hydrogens is 394 g/mol. The molecule has 29 heavy (non-hydrogen) atoms. The maximum atomic E-state index is 13.5. The number of amides is 1. The Morgan fingerprint density at radius 2 is 1.76 bits per heavy atom. The standard InChI is InChI=1S/C21H10ClN3O4/c22-9-5-6-14-12(7-9)21(20(28)25-14)13(8-23)19(24)29-18-15(21)16(26)10-3-1-2-4-11(10)17(18)27/h1-7H,24H2,(H,25,28)/t21-/m0/s1. The van der Waals surface area contributed by atoms with Gasteiger partial charge in [-0.2, -0.15) is 5.26 Å². The number of allylic oxidation sites excluding steroid dienone is 1. The van der Waals surface area contributed by atoms with Gasteiger partial charge in [-0.15, -0.1) is 0 Å². The van der Waals surface area contributed by atoms with Crippen molar-refractivity contribution in [3.8, 4) is 6.07 Å². The second-order valence-electron chi connectivity index (χ2n) is 6.76. The van der Waals surface area contributed by atoms with Gasteiger partial charge in [-0.25, -0.2) is 0 Å². The van der Waals surface area contributed by atoms with E-state index in [2.05, 4.69) is 5.32 Å². The number of anilines is 1. The molecule has 0 saturated carbocycles. The van der Waals surface area contributed by atoms with Crippen molar-refractivity contribution in [2.45, 2.75) is 5.41 Å². The maximum Gasteiger partial charge on any atom is 0.245 e. The highest BCUT2D eigenvalue weighted by Crippen LogP contribution is 2.54. The van der Waals surface area contributed by atoms with E-state index >= 15 is 0 Å². The summed E-state index contributed by atoms with van der Waals surface area (Å²) in [5.74, 6) is -2.61. The minimum absolute atomic E-state index is 0.125. The molecule has 5 rings (SSSR count). The smallest absolute Gasteiger partial charge is 0.245 e. The summed E-state index contributed by atoms with van der Waals surface area (Å²) in [6.45, 7) is 0. The monoisotopic (exact) mass is 403 g/mol. The van der Waals surface area contributed by atoms with Crippen molar-refractivity contribution >= 4 is 34.8 Å². The van der Waals surface area contributed by atoms with Crippen LogP contribution in [0.4, 0.5) is 5.69 Å². The van der Waals surface area contributed by atoms with Crippen LogP contribution in [0.3, 0.4) is 0 Å². The van der Waals surface area contributed by atoms with Crippen LogP contribution in [-0.4, -0.2) is 17.5 Å². The zero-order valence-corrected chi connectivity index (χ0v) is 15.3. The molecule has 0 aromatic heterocycles. The molecule has 0 unspecified atom stereocenters. The molecule has 7 nitrogen and oxygen atoms in total. The van der Waals surface area contributed by atoms with Crippen LogP contribution in [-0.2, 0) is 14.9 Å². The number of fused-ring (bicyclic) bond motifs is 4. The first-order chi connectivity index (χ1) is 13.9. The van der Waals surface area contributed by atoms with E-state index in [-0.39, 0.29) is 33.6 Å². The van der Waals surface area contributed by atoms with Gasteiger partial charge in [0.05, 0.1) is 5.57 Å². The number of carbonyl (C=O) groups is 3. The summed E-state index contributed by atoms with van der Waals surface area (Å²) < 4.78 is 5.44. The minimum atomic E-state index is -1.92.